The second-order valence-electron chi connectivity index (χ2n) is 6.72. The zero-order chi connectivity index (χ0) is 13.6. The maximum Gasteiger partial charge on any atom is 0.0831 e. The van der Waals surface area contributed by atoms with E-state index in [0.717, 1.165) is 12.5 Å². The lowest BCUT2D eigenvalue weighted by molar-refractivity contribution is -0.0607. The zero-order valence-electron chi connectivity index (χ0n) is 13.0. The average Bonchev–Trinajstić information content (AvgIpc) is 2.63. The van der Waals surface area contributed by atoms with E-state index in [-0.39, 0.29) is 5.60 Å². The molecule has 2 fully saturated rings. The molecule has 2 rings (SSSR count). The van der Waals surface area contributed by atoms with Crippen LogP contribution in [0, 0.1) is 5.92 Å². The second-order valence-corrected chi connectivity index (χ2v) is 6.72. The summed E-state index contributed by atoms with van der Waals surface area (Å²) in [5.74, 6) is 0.963. The Balaban J connectivity index is 2.01. The summed E-state index contributed by atoms with van der Waals surface area (Å²) in [7, 11) is 1.95. The number of ether oxygens (including phenoxy) is 1. The highest BCUT2D eigenvalue weighted by atomic mass is 16.5. The number of hydrogen-bond donors (Lipinski definition) is 1. The molecule has 1 N–H and O–H groups in total. The Hall–Kier alpha value is -0.0800. The first-order chi connectivity index (χ1) is 9.30. The summed E-state index contributed by atoms with van der Waals surface area (Å²) in [5.41, 5.74) is 0.126. The third-order valence-electron chi connectivity index (χ3n) is 5.43. The lowest BCUT2D eigenvalue weighted by Gasteiger charge is -2.43. The highest BCUT2D eigenvalue weighted by molar-refractivity contribution is 4.96. The Morgan fingerprint density at radius 3 is 2.26 bits per heavy atom. The van der Waals surface area contributed by atoms with Crippen LogP contribution in [0.2, 0.25) is 0 Å². The molecule has 0 aliphatic heterocycles. The molecule has 0 saturated heterocycles. The average molecular weight is 267 g/mol. The molecule has 0 heterocycles. The molecule has 0 spiro atoms. The van der Waals surface area contributed by atoms with Gasteiger partial charge in [0.15, 0.2) is 0 Å². The van der Waals surface area contributed by atoms with Crippen LogP contribution in [0.1, 0.15) is 77.6 Å². The molecule has 0 amide bonds. The quantitative estimate of drug-likeness (QED) is 0.695. The van der Waals surface area contributed by atoms with Crippen molar-refractivity contribution in [3.8, 4) is 0 Å². The van der Waals surface area contributed by atoms with E-state index in [1.165, 1.54) is 70.6 Å². The van der Waals surface area contributed by atoms with Crippen molar-refractivity contribution in [1.29, 1.82) is 0 Å². The lowest BCUT2D eigenvalue weighted by Crippen LogP contribution is -2.53. The number of hydrogen-bond acceptors (Lipinski definition) is 2. The van der Waals surface area contributed by atoms with Gasteiger partial charge < -0.3 is 10.1 Å². The molecule has 2 aliphatic carbocycles. The Labute approximate surface area is 119 Å². The largest absolute Gasteiger partial charge is 0.377 e. The van der Waals surface area contributed by atoms with E-state index in [4.69, 9.17) is 4.74 Å². The molecule has 112 valence electrons. The first-order valence-corrected chi connectivity index (χ1v) is 8.59. The first kappa shape index (κ1) is 15.3. The van der Waals surface area contributed by atoms with E-state index in [2.05, 4.69) is 12.2 Å². The summed E-state index contributed by atoms with van der Waals surface area (Å²) in [6, 6.07) is 0.584. The zero-order valence-corrected chi connectivity index (χ0v) is 13.0. The highest BCUT2D eigenvalue weighted by Gasteiger charge is 2.40. The van der Waals surface area contributed by atoms with E-state index >= 15 is 0 Å². The predicted octanol–water partition coefficient (Wildman–Crippen LogP) is 4.28. The third-order valence-corrected chi connectivity index (χ3v) is 5.43. The van der Waals surface area contributed by atoms with Gasteiger partial charge in [0.25, 0.3) is 0 Å². The van der Waals surface area contributed by atoms with Gasteiger partial charge in [0.05, 0.1) is 5.60 Å². The van der Waals surface area contributed by atoms with Crippen LogP contribution in [0.3, 0.4) is 0 Å². The summed E-state index contributed by atoms with van der Waals surface area (Å²) in [6.07, 6.45) is 14.9. The Morgan fingerprint density at radius 1 is 1.11 bits per heavy atom. The molecule has 2 nitrogen and oxygen atoms in total. The summed E-state index contributed by atoms with van der Waals surface area (Å²) < 4.78 is 6.12. The van der Waals surface area contributed by atoms with E-state index in [1.807, 2.05) is 7.11 Å². The van der Waals surface area contributed by atoms with E-state index in [1.54, 1.807) is 0 Å². The highest BCUT2D eigenvalue weighted by Crippen LogP contribution is 2.39. The molecule has 2 heteroatoms. The van der Waals surface area contributed by atoms with Crippen LogP contribution in [-0.2, 0) is 4.74 Å². The minimum Gasteiger partial charge on any atom is -0.377 e. The Morgan fingerprint density at radius 2 is 1.79 bits per heavy atom. The van der Waals surface area contributed by atoms with Gasteiger partial charge in [-0.1, -0.05) is 51.9 Å². The van der Waals surface area contributed by atoms with Crippen molar-refractivity contribution in [3.05, 3.63) is 0 Å². The van der Waals surface area contributed by atoms with Crippen LogP contribution >= 0.6 is 0 Å². The van der Waals surface area contributed by atoms with Crippen LogP contribution in [-0.4, -0.2) is 25.3 Å². The van der Waals surface area contributed by atoms with Gasteiger partial charge in [0, 0.05) is 13.2 Å². The topological polar surface area (TPSA) is 21.3 Å². The monoisotopic (exact) mass is 267 g/mol. The van der Waals surface area contributed by atoms with Crippen LogP contribution in [0.25, 0.3) is 0 Å². The minimum atomic E-state index is 0.126. The maximum atomic E-state index is 6.12. The van der Waals surface area contributed by atoms with E-state index < -0.39 is 0 Å². The molecule has 0 aromatic heterocycles. The van der Waals surface area contributed by atoms with Crippen molar-refractivity contribution in [1.82, 2.24) is 5.32 Å². The van der Waals surface area contributed by atoms with Crippen molar-refractivity contribution in [2.45, 2.75) is 89.2 Å². The van der Waals surface area contributed by atoms with Crippen LogP contribution in [0.15, 0.2) is 0 Å². The van der Waals surface area contributed by atoms with Crippen molar-refractivity contribution in [2.24, 2.45) is 5.92 Å². The van der Waals surface area contributed by atoms with Gasteiger partial charge in [0.2, 0.25) is 0 Å². The van der Waals surface area contributed by atoms with Crippen LogP contribution in [0.4, 0.5) is 0 Å². The molecule has 0 aromatic rings. The predicted molar refractivity (Wildman–Crippen MR) is 81.5 cm³/mol. The summed E-state index contributed by atoms with van der Waals surface area (Å²) in [5, 5.41) is 3.83. The summed E-state index contributed by atoms with van der Waals surface area (Å²) >= 11 is 0. The standard InChI is InChI=1S/C17H33NO/c1-3-13-18-16(14-15-9-8-10-15)17(19-2)11-6-4-5-7-12-17/h15-16,18H,3-14H2,1-2H3. The molecule has 19 heavy (non-hydrogen) atoms. The fourth-order valence-electron chi connectivity index (χ4n) is 3.89. The number of methoxy groups -OCH3 is 1. The van der Waals surface area contributed by atoms with Crippen molar-refractivity contribution >= 4 is 0 Å². The number of rotatable bonds is 7. The van der Waals surface area contributed by atoms with E-state index in [0.29, 0.717) is 6.04 Å². The Bertz CT molecular complexity index is 242. The smallest absolute Gasteiger partial charge is 0.0831 e. The molecular formula is C17H33NO. The molecule has 0 radical (unpaired) electrons. The SMILES string of the molecule is CCCNC(CC1CCC1)C1(OC)CCCCCC1. The van der Waals surface area contributed by atoms with E-state index in [9.17, 15) is 0 Å². The fourth-order valence-corrected chi connectivity index (χ4v) is 3.89. The molecule has 1 unspecified atom stereocenters. The minimum absolute atomic E-state index is 0.126. The van der Waals surface area contributed by atoms with Gasteiger partial charge in [-0.2, -0.15) is 0 Å². The first-order valence-electron chi connectivity index (χ1n) is 8.59. The van der Waals surface area contributed by atoms with Gasteiger partial charge in [-0.05, 0) is 38.1 Å². The lowest BCUT2D eigenvalue weighted by atomic mass is 9.75. The van der Waals surface area contributed by atoms with Crippen molar-refractivity contribution < 1.29 is 4.74 Å². The van der Waals surface area contributed by atoms with Gasteiger partial charge in [-0.3, -0.25) is 0 Å². The van der Waals surface area contributed by atoms with Crippen LogP contribution < -0.4 is 5.32 Å². The summed E-state index contributed by atoms with van der Waals surface area (Å²) in [4.78, 5) is 0. The maximum absolute atomic E-state index is 6.12. The fraction of sp³-hybridized carbons (Fsp3) is 1.00. The van der Waals surface area contributed by atoms with Crippen molar-refractivity contribution in [2.75, 3.05) is 13.7 Å². The third kappa shape index (κ3) is 3.95. The number of nitrogens with one attached hydrogen (secondary N) is 1. The summed E-state index contributed by atoms with van der Waals surface area (Å²) in [6.45, 7) is 3.41. The van der Waals surface area contributed by atoms with Gasteiger partial charge >= 0.3 is 0 Å². The normalized spacial score (nSPS) is 25.6. The molecular weight excluding hydrogens is 234 g/mol. The van der Waals surface area contributed by atoms with Gasteiger partial charge in [0.1, 0.15) is 0 Å². The molecule has 2 aliphatic rings. The molecule has 1 atom stereocenters. The van der Waals surface area contributed by atoms with Gasteiger partial charge in [-0.15, -0.1) is 0 Å². The Kier molecular flexibility index (Phi) is 6.15. The second kappa shape index (κ2) is 7.64. The molecule has 0 bridgehead atoms. The van der Waals surface area contributed by atoms with Gasteiger partial charge in [-0.25, -0.2) is 0 Å². The molecule has 0 aromatic carbocycles. The molecule has 2 saturated carbocycles. The van der Waals surface area contributed by atoms with Crippen molar-refractivity contribution in [3.63, 3.8) is 0 Å². The van der Waals surface area contributed by atoms with Crippen LogP contribution in [0.5, 0.6) is 0 Å².